The molecule has 0 aliphatic carbocycles. The molecule has 0 radical (unpaired) electrons. The van der Waals surface area contributed by atoms with Crippen LogP contribution in [0.25, 0.3) is 11.6 Å². The highest BCUT2D eigenvalue weighted by Crippen LogP contribution is 2.36. The van der Waals surface area contributed by atoms with Crippen molar-refractivity contribution >= 4 is 59.0 Å². The summed E-state index contributed by atoms with van der Waals surface area (Å²) in [6.45, 7) is 1.88. The number of thiazole rings is 1. The molecular weight excluding hydrogens is 398 g/mol. The molecule has 0 saturated carbocycles. The summed E-state index contributed by atoms with van der Waals surface area (Å²) >= 11 is 6.56. The van der Waals surface area contributed by atoms with E-state index in [0.29, 0.717) is 15.3 Å². The number of amides is 1. The van der Waals surface area contributed by atoms with E-state index in [9.17, 15) is 14.7 Å². The molecule has 1 aromatic heterocycles. The first-order valence-electron chi connectivity index (χ1n) is 8.67. The van der Waals surface area contributed by atoms with E-state index in [0.717, 1.165) is 16.8 Å². The highest BCUT2D eigenvalue weighted by molar-refractivity contribution is 7.73. The lowest BCUT2D eigenvalue weighted by Gasteiger charge is -2.14. The summed E-state index contributed by atoms with van der Waals surface area (Å²) < 4.78 is 1.78. The highest BCUT2D eigenvalue weighted by Gasteiger charge is 2.22. The van der Waals surface area contributed by atoms with Gasteiger partial charge in [-0.1, -0.05) is 18.2 Å². The molecule has 2 aromatic rings. The van der Waals surface area contributed by atoms with Crippen molar-refractivity contribution in [2.45, 2.75) is 25.8 Å². The van der Waals surface area contributed by atoms with E-state index < -0.39 is 12.0 Å². The second-order valence-electron chi connectivity index (χ2n) is 6.27. The van der Waals surface area contributed by atoms with Crippen LogP contribution in [0.4, 0.5) is 5.69 Å². The quantitative estimate of drug-likeness (QED) is 0.470. The van der Waals surface area contributed by atoms with E-state index in [1.54, 1.807) is 19.2 Å². The van der Waals surface area contributed by atoms with Crippen LogP contribution in [-0.4, -0.2) is 39.4 Å². The summed E-state index contributed by atoms with van der Waals surface area (Å²) in [7, 11) is 0. The minimum absolute atomic E-state index is 0.0153. The number of aliphatic carboxylic acids is 1. The molecule has 0 fully saturated rings. The number of allylic oxidation sites excluding steroid dienone is 1. The molecule has 1 atom stereocenters. The Morgan fingerprint density at radius 3 is 2.89 bits per heavy atom. The van der Waals surface area contributed by atoms with Gasteiger partial charge in [0.05, 0.1) is 10.6 Å². The predicted molar refractivity (Wildman–Crippen MR) is 112 cm³/mol. The Morgan fingerprint density at radius 2 is 2.14 bits per heavy atom. The average molecular weight is 418 g/mol. The molecule has 1 aliphatic rings. The maximum Gasteiger partial charge on any atom is 0.303 e. The molecule has 0 bridgehead atoms. The molecule has 7 nitrogen and oxygen atoms in total. The Morgan fingerprint density at radius 1 is 1.39 bits per heavy atom. The standard InChI is InChI=1S/C19H19N3O4S2/c1-11(17(25)20-8-4-7-16(23)24)22-18(26)15(28-19(22)27)9-12-10-21-14-6-3-2-5-13(12)14/h2-3,5-6,9-11,26H,4,7-8H2,1H3,(H,20,25)(H,23,24)/b12-9-. The van der Waals surface area contributed by atoms with Crippen LogP contribution in [0, 0.1) is 3.95 Å². The van der Waals surface area contributed by atoms with Crippen molar-refractivity contribution < 1.29 is 19.8 Å². The molecule has 1 unspecified atom stereocenters. The number of hydrogen-bond acceptors (Lipinski definition) is 6. The van der Waals surface area contributed by atoms with Gasteiger partial charge in [-0.05, 0) is 37.7 Å². The van der Waals surface area contributed by atoms with Crippen molar-refractivity contribution in [2.24, 2.45) is 4.99 Å². The number of aromatic hydroxyl groups is 1. The Balaban J connectivity index is 1.78. The molecule has 2 heterocycles. The number of fused-ring (bicyclic) bond motifs is 1. The first kappa shape index (κ1) is 20.0. The molecule has 9 heteroatoms. The minimum Gasteiger partial charge on any atom is -0.493 e. The number of aromatic nitrogens is 1. The topological polar surface area (TPSA) is 104 Å². The molecule has 1 aliphatic heterocycles. The summed E-state index contributed by atoms with van der Waals surface area (Å²) in [6.07, 6.45) is 3.86. The van der Waals surface area contributed by atoms with Gasteiger partial charge in [0.1, 0.15) is 6.04 Å². The third-order valence-electron chi connectivity index (χ3n) is 4.32. The maximum atomic E-state index is 12.3. The number of carboxylic acids is 1. The number of carbonyl (C=O) groups is 2. The highest BCUT2D eigenvalue weighted by atomic mass is 32.1. The minimum atomic E-state index is -0.908. The van der Waals surface area contributed by atoms with E-state index in [1.807, 2.05) is 24.3 Å². The summed E-state index contributed by atoms with van der Waals surface area (Å²) in [5.41, 5.74) is 2.70. The number of aliphatic imine (C=N–C) groups is 1. The van der Waals surface area contributed by atoms with Gasteiger partial charge in [-0.3, -0.25) is 19.1 Å². The van der Waals surface area contributed by atoms with Crippen LogP contribution in [0.1, 0.15) is 36.2 Å². The molecule has 3 N–H and O–H groups in total. The van der Waals surface area contributed by atoms with Crippen LogP contribution < -0.4 is 5.32 Å². The van der Waals surface area contributed by atoms with Gasteiger partial charge in [0.25, 0.3) is 0 Å². The van der Waals surface area contributed by atoms with E-state index >= 15 is 0 Å². The van der Waals surface area contributed by atoms with E-state index in [4.69, 9.17) is 17.3 Å². The fraction of sp³-hybridized carbons (Fsp3) is 0.263. The van der Waals surface area contributed by atoms with Crippen LogP contribution >= 0.6 is 23.6 Å². The molecule has 0 saturated heterocycles. The molecule has 1 amide bonds. The van der Waals surface area contributed by atoms with Gasteiger partial charge in [-0.15, -0.1) is 11.3 Å². The number of hydrogen-bond donors (Lipinski definition) is 3. The van der Waals surface area contributed by atoms with Crippen molar-refractivity contribution in [1.29, 1.82) is 0 Å². The third kappa shape index (κ3) is 4.20. The number of rotatable bonds is 7. The average Bonchev–Trinajstić information content (AvgIpc) is 3.19. The third-order valence-corrected chi connectivity index (χ3v) is 5.66. The molecular formula is C19H19N3O4S2. The Hall–Kier alpha value is -2.78. The molecule has 1 aromatic carbocycles. The number of nitrogens with zero attached hydrogens (tertiary/aromatic N) is 2. The molecule has 28 heavy (non-hydrogen) atoms. The fourth-order valence-corrected chi connectivity index (χ4v) is 4.26. The number of nitrogens with one attached hydrogen (secondary N) is 1. The van der Waals surface area contributed by atoms with Gasteiger partial charge in [-0.2, -0.15) is 0 Å². The van der Waals surface area contributed by atoms with Gasteiger partial charge in [0, 0.05) is 30.3 Å². The van der Waals surface area contributed by atoms with Crippen molar-refractivity contribution in [3.8, 4) is 5.88 Å². The van der Waals surface area contributed by atoms with E-state index in [2.05, 4.69) is 10.3 Å². The number of carboxylic acid groups (broad SMARTS) is 1. The smallest absolute Gasteiger partial charge is 0.303 e. The summed E-state index contributed by atoms with van der Waals surface area (Å²) in [5.74, 6) is -1.32. The van der Waals surface area contributed by atoms with Crippen molar-refractivity contribution in [1.82, 2.24) is 9.88 Å². The molecule has 146 valence electrons. The first-order valence-corrected chi connectivity index (χ1v) is 9.90. The monoisotopic (exact) mass is 417 g/mol. The number of benzene rings is 1. The van der Waals surface area contributed by atoms with E-state index in [-0.39, 0.29) is 24.8 Å². The van der Waals surface area contributed by atoms with Crippen molar-refractivity contribution in [3.63, 3.8) is 0 Å². The maximum absolute atomic E-state index is 12.3. The Kier molecular flexibility index (Phi) is 6.05. The lowest BCUT2D eigenvalue weighted by Crippen LogP contribution is -2.31. The Bertz CT molecular complexity index is 1040. The van der Waals surface area contributed by atoms with Crippen molar-refractivity contribution in [2.75, 3.05) is 6.54 Å². The second-order valence-corrected chi connectivity index (χ2v) is 7.94. The lowest BCUT2D eigenvalue weighted by molar-refractivity contribution is -0.137. The SMILES string of the molecule is CC(C(=O)NCCCC(=O)O)n1c(O)c(/C=C2/C=Nc3ccccc32)sc1=S. The van der Waals surface area contributed by atoms with Crippen molar-refractivity contribution in [3.05, 3.63) is 38.7 Å². The van der Waals surface area contributed by atoms with Crippen LogP contribution in [-0.2, 0) is 9.59 Å². The zero-order valence-electron chi connectivity index (χ0n) is 15.1. The number of carbonyl (C=O) groups excluding carboxylic acids is 1. The van der Waals surface area contributed by atoms with Crippen LogP contribution in [0.2, 0.25) is 0 Å². The first-order chi connectivity index (χ1) is 13.4. The summed E-state index contributed by atoms with van der Waals surface area (Å²) in [6, 6.07) is 6.98. The zero-order valence-corrected chi connectivity index (χ0v) is 16.7. The van der Waals surface area contributed by atoms with Gasteiger partial charge in [-0.25, -0.2) is 0 Å². The molecule has 3 rings (SSSR count). The Labute approximate surface area is 170 Å². The zero-order chi connectivity index (χ0) is 20.3. The number of para-hydroxylation sites is 1. The van der Waals surface area contributed by atoms with Gasteiger partial charge >= 0.3 is 5.97 Å². The van der Waals surface area contributed by atoms with Crippen LogP contribution in [0.3, 0.4) is 0 Å². The second kappa shape index (κ2) is 8.49. The lowest BCUT2D eigenvalue weighted by atomic mass is 10.1. The van der Waals surface area contributed by atoms with E-state index in [1.165, 1.54) is 15.9 Å². The van der Waals surface area contributed by atoms with Gasteiger partial charge in [0.2, 0.25) is 11.8 Å². The summed E-state index contributed by atoms with van der Waals surface area (Å²) in [4.78, 5) is 27.8. The molecule has 0 spiro atoms. The van der Waals surface area contributed by atoms with Gasteiger partial charge in [0.15, 0.2) is 3.95 Å². The van der Waals surface area contributed by atoms with Crippen LogP contribution in [0.15, 0.2) is 29.3 Å². The van der Waals surface area contributed by atoms with Gasteiger partial charge < -0.3 is 15.5 Å². The summed E-state index contributed by atoms with van der Waals surface area (Å²) in [5, 5.41) is 22.0. The van der Waals surface area contributed by atoms with Crippen LogP contribution in [0.5, 0.6) is 5.88 Å². The fourth-order valence-electron chi connectivity index (χ4n) is 2.84. The largest absolute Gasteiger partial charge is 0.493 e. The normalized spacial score (nSPS) is 14.8. The predicted octanol–water partition coefficient (Wildman–Crippen LogP) is 3.78.